The van der Waals surface area contributed by atoms with Gasteiger partial charge in [0.1, 0.15) is 0 Å². The SMILES string of the molecule is O=C(C1CSc2ccccc21)N1CCOCC1. The van der Waals surface area contributed by atoms with Crippen LogP contribution in [0.4, 0.5) is 0 Å². The summed E-state index contributed by atoms with van der Waals surface area (Å²) in [5.74, 6) is 1.20. The molecule has 3 rings (SSSR count). The lowest BCUT2D eigenvalue weighted by Gasteiger charge is -2.29. The summed E-state index contributed by atoms with van der Waals surface area (Å²) in [6, 6.07) is 8.24. The summed E-state index contributed by atoms with van der Waals surface area (Å²) < 4.78 is 5.28. The molecule has 2 aliphatic rings. The Morgan fingerprint density at radius 3 is 2.88 bits per heavy atom. The fourth-order valence-electron chi connectivity index (χ4n) is 2.37. The smallest absolute Gasteiger partial charge is 0.231 e. The van der Waals surface area contributed by atoms with Crippen molar-refractivity contribution >= 4 is 17.7 Å². The van der Waals surface area contributed by atoms with E-state index >= 15 is 0 Å². The maximum atomic E-state index is 12.4. The fraction of sp³-hybridized carbons (Fsp3) is 0.462. The number of hydrogen-bond donors (Lipinski definition) is 0. The Labute approximate surface area is 105 Å². The Morgan fingerprint density at radius 2 is 2.06 bits per heavy atom. The predicted octanol–water partition coefficient (Wildman–Crippen LogP) is 1.73. The number of fused-ring (bicyclic) bond motifs is 1. The van der Waals surface area contributed by atoms with Crippen LogP contribution in [0.3, 0.4) is 0 Å². The topological polar surface area (TPSA) is 29.5 Å². The maximum Gasteiger partial charge on any atom is 0.231 e. The van der Waals surface area contributed by atoms with E-state index in [1.807, 2.05) is 17.0 Å². The third kappa shape index (κ3) is 2.07. The molecule has 1 aromatic carbocycles. The first-order valence-corrected chi connectivity index (χ1v) is 6.93. The van der Waals surface area contributed by atoms with Crippen molar-refractivity contribution in [1.82, 2.24) is 4.90 Å². The Bertz CT molecular complexity index is 429. The number of ether oxygens (including phenoxy) is 1. The number of morpholine rings is 1. The minimum atomic E-state index is 0.0503. The molecule has 4 heteroatoms. The summed E-state index contributed by atoms with van der Waals surface area (Å²) in [5, 5.41) is 0. The van der Waals surface area contributed by atoms with E-state index in [0.717, 1.165) is 18.8 Å². The van der Waals surface area contributed by atoms with Crippen molar-refractivity contribution in [3.8, 4) is 0 Å². The van der Waals surface area contributed by atoms with E-state index in [0.29, 0.717) is 13.2 Å². The summed E-state index contributed by atoms with van der Waals surface area (Å²) >= 11 is 1.79. The summed E-state index contributed by atoms with van der Waals surface area (Å²) in [4.78, 5) is 15.6. The van der Waals surface area contributed by atoms with Crippen molar-refractivity contribution in [3.05, 3.63) is 29.8 Å². The standard InChI is InChI=1S/C13H15NO2S/c15-13(14-5-7-16-8-6-14)11-9-17-12-4-2-1-3-10(11)12/h1-4,11H,5-9H2. The Morgan fingerprint density at radius 1 is 1.29 bits per heavy atom. The van der Waals surface area contributed by atoms with Crippen molar-refractivity contribution in [2.24, 2.45) is 0 Å². The highest BCUT2D eigenvalue weighted by Gasteiger charge is 2.32. The molecule has 0 aliphatic carbocycles. The minimum absolute atomic E-state index is 0.0503. The number of nitrogens with zero attached hydrogens (tertiary/aromatic N) is 1. The lowest BCUT2D eigenvalue weighted by atomic mass is 10.00. The number of hydrogen-bond acceptors (Lipinski definition) is 3. The summed E-state index contributed by atoms with van der Waals surface area (Å²) in [7, 11) is 0. The largest absolute Gasteiger partial charge is 0.378 e. The quantitative estimate of drug-likeness (QED) is 0.759. The van der Waals surface area contributed by atoms with Crippen LogP contribution in [-0.4, -0.2) is 42.9 Å². The van der Waals surface area contributed by atoms with Gasteiger partial charge in [0, 0.05) is 23.7 Å². The zero-order chi connectivity index (χ0) is 11.7. The van der Waals surface area contributed by atoms with Gasteiger partial charge in [0.05, 0.1) is 19.1 Å². The monoisotopic (exact) mass is 249 g/mol. The summed E-state index contributed by atoms with van der Waals surface area (Å²) in [6.07, 6.45) is 0. The van der Waals surface area contributed by atoms with Gasteiger partial charge in [-0.1, -0.05) is 18.2 Å². The molecular weight excluding hydrogens is 234 g/mol. The van der Waals surface area contributed by atoms with Crippen LogP contribution in [0.1, 0.15) is 11.5 Å². The molecule has 2 aliphatic heterocycles. The van der Waals surface area contributed by atoms with Gasteiger partial charge in [0.15, 0.2) is 0 Å². The summed E-state index contributed by atoms with van der Waals surface area (Å²) in [5.41, 5.74) is 1.20. The van der Waals surface area contributed by atoms with Crippen molar-refractivity contribution in [3.63, 3.8) is 0 Å². The van der Waals surface area contributed by atoms with Gasteiger partial charge in [0.25, 0.3) is 0 Å². The van der Waals surface area contributed by atoms with Crippen LogP contribution in [0.15, 0.2) is 29.2 Å². The third-order valence-electron chi connectivity index (χ3n) is 3.32. The summed E-state index contributed by atoms with van der Waals surface area (Å²) in [6.45, 7) is 2.82. The second-order valence-corrected chi connectivity index (χ2v) is 5.40. The Hall–Kier alpha value is -1.00. The van der Waals surface area contributed by atoms with Crippen LogP contribution in [-0.2, 0) is 9.53 Å². The van der Waals surface area contributed by atoms with Gasteiger partial charge < -0.3 is 9.64 Å². The van der Waals surface area contributed by atoms with Crippen molar-refractivity contribution < 1.29 is 9.53 Å². The maximum absolute atomic E-state index is 12.4. The van der Waals surface area contributed by atoms with Crippen LogP contribution in [0, 0.1) is 0 Å². The van der Waals surface area contributed by atoms with E-state index in [-0.39, 0.29) is 11.8 Å². The van der Waals surface area contributed by atoms with Crippen LogP contribution >= 0.6 is 11.8 Å². The molecule has 1 saturated heterocycles. The van der Waals surface area contributed by atoms with Crippen molar-refractivity contribution in [2.45, 2.75) is 10.8 Å². The molecule has 90 valence electrons. The normalized spacial score (nSPS) is 23.5. The molecule has 1 unspecified atom stereocenters. The highest BCUT2D eigenvalue weighted by Crippen LogP contribution is 2.40. The molecular formula is C13H15NO2S. The third-order valence-corrected chi connectivity index (χ3v) is 4.50. The molecule has 2 heterocycles. The number of rotatable bonds is 1. The second kappa shape index (κ2) is 4.70. The van der Waals surface area contributed by atoms with Gasteiger partial charge in [-0.25, -0.2) is 0 Å². The average Bonchev–Trinajstić information content (AvgIpc) is 2.83. The molecule has 0 radical (unpaired) electrons. The van der Waals surface area contributed by atoms with Gasteiger partial charge in [-0.2, -0.15) is 0 Å². The Kier molecular flexibility index (Phi) is 3.07. The van der Waals surface area contributed by atoms with Gasteiger partial charge in [-0.3, -0.25) is 4.79 Å². The second-order valence-electron chi connectivity index (χ2n) is 4.34. The highest BCUT2D eigenvalue weighted by molar-refractivity contribution is 7.99. The first kappa shape index (κ1) is 11.1. The van der Waals surface area contributed by atoms with E-state index in [1.54, 1.807) is 11.8 Å². The first-order valence-electron chi connectivity index (χ1n) is 5.94. The predicted molar refractivity (Wildman–Crippen MR) is 67.3 cm³/mol. The van der Waals surface area contributed by atoms with Crippen molar-refractivity contribution in [1.29, 1.82) is 0 Å². The molecule has 1 atom stereocenters. The fourth-order valence-corrected chi connectivity index (χ4v) is 3.59. The van der Waals surface area contributed by atoms with Gasteiger partial charge in [-0.05, 0) is 11.6 Å². The average molecular weight is 249 g/mol. The zero-order valence-corrected chi connectivity index (χ0v) is 10.4. The molecule has 0 saturated carbocycles. The highest BCUT2D eigenvalue weighted by atomic mass is 32.2. The molecule has 1 aromatic rings. The van der Waals surface area contributed by atoms with Gasteiger partial charge >= 0.3 is 0 Å². The lowest BCUT2D eigenvalue weighted by Crippen LogP contribution is -2.43. The van der Waals surface area contributed by atoms with Crippen molar-refractivity contribution in [2.75, 3.05) is 32.1 Å². The molecule has 17 heavy (non-hydrogen) atoms. The number of benzene rings is 1. The zero-order valence-electron chi connectivity index (χ0n) is 9.59. The molecule has 1 amide bonds. The number of carbonyl (C=O) groups is 1. The molecule has 0 bridgehead atoms. The lowest BCUT2D eigenvalue weighted by molar-refractivity contribution is -0.136. The Balaban J connectivity index is 1.79. The van der Waals surface area contributed by atoms with Gasteiger partial charge in [-0.15, -0.1) is 11.8 Å². The number of amides is 1. The van der Waals surface area contributed by atoms with E-state index in [2.05, 4.69) is 12.1 Å². The minimum Gasteiger partial charge on any atom is -0.378 e. The van der Waals surface area contributed by atoms with Crippen LogP contribution in [0.5, 0.6) is 0 Å². The molecule has 3 nitrogen and oxygen atoms in total. The molecule has 1 fully saturated rings. The van der Waals surface area contributed by atoms with E-state index in [1.165, 1.54) is 10.5 Å². The molecule has 0 spiro atoms. The van der Waals surface area contributed by atoms with Crippen LogP contribution in [0.2, 0.25) is 0 Å². The van der Waals surface area contributed by atoms with E-state index in [4.69, 9.17) is 4.74 Å². The van der Waals surface area contributed by atoms with Gasteiger partial charge in [0.2, 0.25) is 5.91 Å². The van der Waals surface area contributed by atoms with E-state index < -0.39 is 0 Å². The first-order chi connectivity index (χ1) is 8.36. The number of thioether (sulfide) groups is 1. The van der Waals surface area contributed by atoms with E-state index in [9.17, 15) is 4.79 Å². The molecule has 0 aromatic heterocycles. The number of carbonyl (C=O) groups excluding carboxylic acids is 1. The molecule has 0 N–H and O–H groups in total. The van der Waals surface area contributed by atoms with Crippen LogP contribution < -0.4 is 0 Å². The van der Waals surface area contributed by atoms with Crippen LogP contribution in [0.25, 0.3) is 0 Å².